The minimum absolute atomic E-state index is 0.00924. The minimum atomic E-state index is -3.54. The highest BCUT2D eigenvalue weighted by Crippen LogP contribution is 2.26. The van der Waals surface area contributed by atoms with Gasteiger partial charge in [-0.3, -0.25) is 0 Å². The molecule has 0 bridgehead atoms. The molecule has 0 amide bonds. The number of benzene rings is 2. The van der Waals surface area contributed by atoms with Crippen molar-refractivity contribution in [3.63, 3.8) is 0 Å². The maximum atomic E-state index is 13.4. The van der Waals surface area contributed by atoms with Crippen LogP contribution in [0.5, 0.6) is 0 Å². The zero-order chi connectivity index (χ0) is 18.7. The average Bonchev–Trinajstić information content (AvgIpc) is 3.06. The number of sulfonamides is 1. The third kappa shape index (κ3) is 4.17. The number of nitrogens with zero attached hydrogens (tertiary/aromatic N) is 2. The molecule has 3 rings (SSSR count). The van der Waals surface area contributed by atoms with Gasteiger partial charge in [0.1, 0.15) is 0 Å². The van der Waals surface area contributed by atoms with Gasteiger partial charge in [-0.1, -0.05) is 56.3 Å². The quantitative estimate of drug-likeness (QED) is 0.776. The van der Waals surface area contributed by atoms with Gasteiger partial charge >= 0.3 is 0 Å². The Morgan fingerprint density at radius 1 is 1.08 bits per heavy atom. The molecule has 1 aliphatic heterocycles. The average molecular weight is 373 g/mol. The molecule has 2 aromatic rings. The molecule has 0 saturated carbocycles. The SMILES string of the molecule is CC(C)c1ccc(S(=O)(=O)N(Cc2ccccc2)C2CCN(C)C2)cc1. The van der Waals surface area contributed by atoms with E-state index in [2.05, 4.69) is 18.7 Å². The number of hydrogen-bond donors (Lipinski definition) is 0. The smallest absolute Gasteiger partial charge is 0.243 e. The van der Waals surface area contributed by atoms with Crippen molar-refractivity contribution in [2.75, 3.05) is 20.1 Å². The molecule has 1 atom stereocenters. The predicted molar refractivity (Wildman–Crippen MR) is 106 cm³/mol. The second-order valence-corrected chi connectivity index (χ2v) is 9.35. The van der Waals surface area contributed by atoms with E-state index in [4.69, 9.17) is 0 Å². The van der Waals surface area contributed by atoms with Crippen molar-refractivity contribution >= 4 is 10.0 Å². The van der Waals surface area contributed by atoms with Crippen molar-refractivity contribution in [3.05, 3.63) is 65.7 Å². The summed E-state index contributed by atoms with van der Waals surface area (Å²) < 4.78 is 28.5. The van der Waals surface area contributed by atoms with Crippen LogP contribution in [0.25, 0.3) is 0 Å². The lowest BCUT2D eigenvalue weighted by atomic mass is 10.0. The zero-order valence-electron chi connectivity index (χ0n) is 15.8. The number of hydrogen-bond acceptors (Lipinski definition) is 3. The summed E-state index contributed by atoms with van der Waals surface area (Å²) in [6, 6.07) is 17.2. The first-order valence-electron chi connectivity index (χ1n) is 9.22. The molecular weight excluding hydrogens is 344 g/mol. The van der Waals surface area contributed by atoms with Crippen molar-refractivity contribution in [1.82, 2.24) is 9.21 Å². The van der Waals surface area contributed by atoms with Crippen molar-refractivity contribution in [2.24, 2.45) is 0 Å². The summed E-state index contributed by atoms with van der Waals surface area (Å²) in [5, 5.41) is 0. The van der Waals surface area contributed by atoms with Crippen molar-refractivity contribution in [1.29, 1.82) is 0 Å². The summed E-state index contributed by atoms with van der Waals surface area (Å²) in [5.41, 5.74) is 2.17. The van der Waals surface area contributed by atoms with Crippen LogP contribution in [-0.2, 0) is 16.6 Å². The Morgan fingerprint density at radius 2 is 1.73 bits per heavy atom. The molecule has 0 spiro atoms. The second-order valence-electron chi connectivity index (χ2n) is 7.46. The van der Waals surface area contributed by atoms with E-state index in [9.17, 15) is 8.42 Å². The van der Waals surface area contributed by atoms with E-state index in [1.807, 2.05) is 49.5 Å². The van der Waals surface area contributed by atoms with Gasteiger partial charge in [-0.15, -0.1) is 0 Å². The van der Waals surface area contributed by atoms with Gasteiger partial charge in [0.25, 0.3) is 0 Å². The van der Waals surface area contributed by atoms with E-state index in [-0.39, 0.29) is 6.04 Å². The number of rotatable bonds is 6. The first kappa shape index (κ1) is 19.1. The molecule has 5 heteroatoms. The summed E-state index contributed by atoms with van der Waals surface area (Å²) in [6.07, 6.45) is 0.868. The Morgan fingerprint density at radius 3 is 2.27 bits per heavy atom. The van der Waals surface area contributed by atoms with Crippen LogP contribution in [0.4, 0.5) is 0 Å². The van der Waals surface area contributed by atoms with Crippen LogP contribution in [0.3, 0.4) is 0 Å². The molecule has 1 heterocycles. The fourth-order valence-electron chi connectivity index (χ4n) is 3.48. The van der Waals surface area contributed by atoms with Crippen LogP contribution in [-0.4, -0.2) is 43.8 Å². The monoisotopic (exact) mass is 372 g/mol. The van der Waals surface area contributed by atoms with E-state index in [1.165, 1.54) is 0 Å². The van der Waals surface area contributed by atoms with E-state index < -0.39 is 10.0 Å². The molecule has 26 heavy (non-hydrogen) atoms. The Balaban J connectivity index is 1.93. The van der Waals surface area contributed by atoms with Gasteiger partial charge in [0, 0.05) is 19.1 Å². The van der Waals surface area contributed by atoms with E-state index in [0.717, 1.165) is 30.6 Å². The van der Waals surface area contributed by atoms with Crippen LogP contribution in [0.2, 0.25) is 0 Å². The summed E-state index contributed by atoms with van der Waals surface area (Å²) in [5.74, 6) is 0.385. The van der Waals surface area contributed by atoms with Gasteiger partial charge in [0.2, 0.25) is 10.0 Å². The summed E-state index contributed by atoms with van der Waals surface area (Å²) >= 11 is 0. The maximum Gasteiger partial charge on any atom is 0.243 e. The molecule has 0 radical (unpaired) electrons. The highest BCUT2D eigenvalue weighted by Gasteiger charge is 2.35. The van der Waals surface area contributed by atoms with Crippen LogP contribution in [0.1, 0.15) is 37.3 Å². The molecule has 0 aromatic heterocycles. The van der Waals surface area contributed by atoms with E-state index in [0.29, 0.717) is 17.4 Å². The summed E-state index contributed by atoms with van der Waals surface area (Å²) in [6.45, 7) is 6.33. The van der Waals surface area contributed by atoms with Gasteiger partial charge in [-0.05, 0) is 49.2 Å². The first-order valence-corrected chi connectivity index (χ1v) is 10.7. The van der Waals surface area contributed by atoms with Crippen LogP contribution >= 0.6 is 0 Å². The number of likely N-dealkylation sites (tertiary alicyclic amines) is 1. The lowest BCUT2D eigenvalue weighted by Gasteiger charge is -2.28. The Kier molecular flexibility index (Phi) is 5.80. The lowest BCUT2D eigenvalue weighted by molar-refractivity contribution is 0.304. The van der Waals surface area contributed by atoms with Crippen molar-refractivity contribution in [3.8, 4) is 0 Å². The fraction of sp³-hybridized carbons (Fsp3) is 0.429. The molecule has 1 aliphatic rings. The normalized spacial score (nSPS) is 18.7. The summed E-state index contributed by atoms with van der Waals surface area (Å²) in [4.78, 5) is 2.58. The van der Waals surface area contributed by atoms with Crippen LogP contribution in [0.15, 0.2) is 59.5 Å². The molecule has 0 N–H and O–H groups in total. The van der Waals surface area contributed by atoms with E-state index >= 15 is 0 Å². The highest BCUT2D eigenvalue weighted by atomic mass is 32.2. The lowest BCUT2D eigenvalue weighted by Crippen LogP contribution is -2.41. The Hall–Kier alpha value is -1.69. The zero-order valence-corrected chi connectivity index (χ0v) is 16.6. The summed E-state index contributed by atoms with van der Waals surface area (Å²) in [7, 11) is -1.50. The molecule has 0 aliphatic carbocycles. The Labute approximate surface area is 157 Å². The van der Waals surface area contributed by atoms with Crippen LogP contribution in [0, 0.1) is 0 Å². The molecule has 4 nitrogen and oxygen atoms in total. The third-order valence-corrected chi connectivity index (χ3v) is 7.02. The van der Waals surface area contributed by atoms with Crippen molar-refractivity contribution < 1.29 is 8.42 Å². The van der Waals surface area contributed by atoms with Gasteiger partial charge in [-0.25, -0.2) is 8.42 Å². The second kappa shape index (κ2) is 7.91. The molecule has 1 fully saturated rings. The molecule has 1 saturated heterocycles. The molecule has 2 aromatic carbocycles. The Bertz CT molecular complexity index is 817. The van der Waals surface area contributed by atoms with Crippen LogP contribution < -0.4 is 0 Å². The van der Waals surface area contributed by atoms with Gasteiger partial charge in [0.05, 0.1) is 4.90 Å². The van der Waals surface area contributed by atoms with Crippen molar-refractivity contribution in [2.45, 2.75) is 43.7 Å². The van der Waals surface area contributed by atoms with E-state index in [1.54, 1.807) is 16.4 Å². The van der Waals surface area contributed by atoms with Gasteiger partial charge < -0.3 is 4.90 Å². The molecular formula is C21H28N2O2S. The number of likely N-dealkylation sites (N-methyl/N-ethyl adjacent to an activating group) is 1. The van der Waals surface area contributed by atoms with Gasteiger partial charge in [-0.2, -0.15) is 4.31 Å². The fourth-order valence-corrected chi connectivity index (χ4v) is 5.12. The first-order chi connectivity index (χ1) is 12.4. The maximum absolute atomic E-state index is 13.4. The minimum Gasteiger partial charge on any atom is -0.305 e. The molecule has 140 valence electrons. The molecule has 1 unspecified atom stereocenters. The predicted octanol–water partition coefficient (Wildman–Crippen LogP) is 3.71. The topological polar surface area (TPSA) is 40.6 Å². The third-order valence-electron chi connectivity index (χ3n) is 5.11. The largest absolute Gasteiger partial charge is 0.305 e. The highest BCUT2D eigenvalue weighted by molar-refractivity contribution is 7.89. The standard InChI is InChI=1S/C21H28N2O2S/c1-17(2)19-9-11-21(12-10-19)26(24,25)23(20-13-14-22(3)16-20)15-18-7-5-4-6-8-18/h4-12,17,20H,13-16H2,1-3H3. The van der Waals surface area contributed by atoms with Gasteiger partial charge in [0.15, 0.2) is 0 Å².